The molecule has 0 spiro atoms. The lowest BCUT2D eigenvalue weighted by Gasteiger charge is -2.12. The van der Waals surface area contributed by atoms with Crippen molar-refractivity contribution in [1.82, 2.24) is 0 Å². The summed E-state index contributed by atoms with van der Waals surface area (Å²) in [5, 5.41) is 3.70. The average Bonchev–Trinajstić information content (AvgIpc) is 2.57. The number of Topliss-reactive ketones (excluding diaryl/α,β-unsaturated/α-hetero) is 1. The van der Waals surface area contributed by atoms with E-state index in [1.54, 1.807) is 6.92 Å². The number of ketones is 1. The van der Waals surface area contributed by atoms with Crippen LogP contribution in [0.2, 0.25) is 0 Å². The summed E-state index contributed by atoms with van der Waals surface area (Å²) in [5.41, 5.74) is -0.249. The van der Waals surface area contributed by atoms with E-state index >= 15 is 0 Å². The second-order valence-corrected chi connectivity index (χ2v) is 4.44. The van der Waals surface area contributed by atoms with Crippen molar-refractivity contribution in [2.24, 2.45) is 5.16 Å². The van der Waals surface area contributed by atoms with Crippen LogP contribution < -0.4 is 0 Å². The Bertz CT molecular complexity index is 317. The summed E-state index contributed by atoms with van der Waals surface area (Å²) < 4.78 is 4.76. The Morgan fingerprint density at radius 1 is 1.17 bits per heavy atom. The number of nitrogens with zero attached hydrogens (tertiary/aromatic N) is 1. The molecule has 18 heavy (non-hydrogen) atoms. The fraction of sp³-hybridized carbons (Fsp3) is 0.769. The highest BCUT2D eigenvalue weighted by atomic mass is 16.6. The van der Waals surface area contributed by atoms with Gasteiger partial charge in [0.05, 0.1) is 6.61 Å². The van der Waals surface area contributed by atoms with Gasteiger partial charge in [-0.05, 0) is 32.6 Å². The Hall–Kier alpha value is -1.39. The smallest absolute Gasteiger partial charge is 0.364 e. The Labute approximate surface area is 108 Å². The second kappa shape index (κ2) is 7.84. The van der Waals surface area contributed by atoms with Crippen LogP contribution in [0.1, 0.15) is 52.4 Å². The molecule has 1 fully saturated rings. The molecule has 1 saturated carbocycles. The molecule has 0 radical (unpaired) electrons. The van der Waals surface area contributed by atoms with Crippen molar-refractivity contribution in [2.75, 3.05) is 6.61 Å². The van der Waals surface area contributed by atoms with E-state index in [0.29, 0.717) is 0 Å². The highest BCUT2D eigenvalue weighted by Crippen LogP contribution is 2.19. The van der Waals surface area contributed by atoms with E-state index in [0.717, 1.165) is 25.7 Å². The number of carbonyl (C=O) groups excluding carboxylic acids is 2. The summed E-state index contributed by atoms with van der Waals surface area (Å²) >= 11 is 0. The molecule has 0 bridgehead atoms. The molecular weight excluding hydrogens is 234 g/mol. The first-order chi connectivity index (χ1) is 8.65. The van der Waals surface area contributed by atoms with Crippen molar-refractivity contribution in [3.63, 3.8) is 0 Å². The van der Waals surface area contributed by atoms with Crippen LogP contribution in [0.4, 0.5) is 0 Å². The minimum atomic E-state index is -0.710. The Balaban J connectivity index is 2.58. The number of ether oxygens (including phenoxy) is 1. The number of esters is 1. The predicted octanol–water partition coefficient (Wildman–Crippen LogP) is 2.23. The number of rotatable bonds is 5. The topological polar surface area (TPSA) is 65.0 Å². The second-order valence-electron chi connectivity index (χ2n) is 4.44. The van der Waals surface area contributed by atoms with Gasteiger partial charge in [0, 0.05) is 6.92 Å². The van der Waals surface area contributed by atoms with Crippen molar-refractivity contribution < 1.29 is 19.2 Å². The minimum Gasteiger partial charge on any atom is -0.461 e. The molecule has 1 aliphatic carbocycles. The third kappa shape index (κ3) is 4.85. The largest absolute Gasteiger partial charge is 0.461 e. The van der Waals surface area contributed by atoms with Gasteiger partial charge in [-0.25, -0.2) is 4.79 Å². The SMILES string of the molecule is CCOC(=O)/C(=N/OC1CCCCCC1)C(C)=O. The summed E-state index contributed by atoms with van der Waals surface area (Å²) in [4.78, 5) is 28.1. The van der Waals surface area contributed by atoms with Crippen LogP contribution in [0.5, 0.6) is 0 Å². The van der Waals surface area contributed by atoms with Crippen LogP contribution in [0, 0.1) is 0 Å². The number of oxime groups is 1. The van der Waals surface area contributed by atoms with Gasteiger partial charge in [-0.1, -0.05) is 18.0 Å². The zero-order chi connectivity index (χ0) is 13.4. The molecule has 1 rings (SSSR count). The van der Waals surface area contributed by atoms with Gasteiger partial charge in [-0.2, -0.15) is 0 Å². The lowest BCUT2D eigenvalue weighted by atomic mass is 10.2. The van der Waals surface area contributed by atoms with Crippen LogP contribution >= 0.6 is 0 Å². The van der Waals surface area contributed by atoms with E-state index in [9.17, 15) is 9.59 Å². The van der Waals surface area contributed by atoms with Crippen LogP contribution in [0.3, 0.4) is 0 Å². The first-order valence-electron chi connectivity index (χ1n) is 6.57. The molecule has 0 aromatic carbocycles. The van der Waals surface area contributed by atoms with E-state index in [4.69, 9.17) is 9.57 Å². The van der Waals surface area contributed by atoms with Gasteiger partial charge in [0.15, 0.2) is 5.78 Å². The predicted molar refractivity (Wildman–Crippen MR) is 67.3 cm³/mol. The van der Waals surface area contributed by atoms with Crippen molar-refractivity contribution in [3.05, 3.63) is 0 Å². The number of hydrogen-bond acceptors (Lipinski definition) is 5. The molecule has 0 aromatic heterocycles. The third-order valence-corrected chi connectivity index (χ3v) is 2.90. The summed E-state index contributed by atoms with van der Waals surface area (Å²) in [6.45, 7) is 3.18. The Morgan fingerprint density at radius 3 is 2.28 bits per heavy atom. The molecule has 5 nitrogen and oxygen atoms in total. The van der Waals surface area contributed by atoms with Crippen LogP contribution in [-0.2, 0) is 19.2 Å². The van der Waals surface area contributed by atoms with Gasteiger partial charge in [0.2, 0.25) is 5.71 Å². The van der Waals surface area contributed by atoms with Crippen molar-refractivity contribution in [2.45, 2.75) is 58.5 Å². The van der Waals surface area contributed by atoms with Gasteiger partial charge in [-0.15, -0.1) is 0 Å². The van der Waals surface area contributed by atoms with Gasteiger partial charge in [-0.3, -0.25) is 4.79 Å². The van der Waals surface area contributed by atoms with E-state index in [-0.39, 0.29) is 18.4 Å². The van der Waals surface area contributed by atoms with Gasteiger partial charge in [0.25, 0.3) is 0 Å². The molecule has 0 unspecified atom stereocenters. The quantitative estimate of drug-likeness (QED) is 0.248. The minimum absolute atomic E-state index is 0.0104. The molecule has 0 aromatic rings. The zero-order valence-electron chi connectivity index (χ0n) is 11.1. The van der Waals surface area contributed by atoms with Gasteiger partial charge in [0.1, 0.15) is 6.10 Å². The third-order valence-electron chi connectivity index (χ3n) is 2.90. The summed E-state index contributed by atoms with van der Waals surface area (Å²) in [6, 6.07) is 0. The maximum Gasteiger partial charge on any atom is 0.364 e. The lowest BCUT2D eigenvalue weighted by Crippen LogP contribution is -2.25. The first kappa shape index (κ1) is 14.7. The Kier molecular flexibility index (Phi) is 6.39. The van der Waals surface area contributed by atoms with E-state index in [2.05, 4.69) is 5.16 Å². The summed E-state index contributed by atoms with van der Waals surface area (Å²) in [6.07, 6.45) is 6.50. The number of hydrogen-bond donors (Lipinski definition) is 0. The highest BCUT2D eigenvalue weighted by Gasteiger charge is 2.20. The zero-order valence-corrected chi connectivity index (χ0v) is 11.1. The van der Waals surface area contributed by atoms with Crippen molar-refractivity contribution >= 4 is 17.5 Å². The normalized spacial score (nSPS) is 18.0. The fourth-order valence-corrected chi connectivity index (χ4v) is 1.92. The molecule has 0 N–H and O–H groups in total. The molecule has 0 amide bonds. The molecule has 0 aliphatic heterocycles. The van der Waals surface area contributed by atoms with E-state index < -0.39 is 11.8 Å². The molecule has 0 heterocycles. The van der Waals surface area contributed by atoms with Crippen LogP contribution in [0.15, 0.2) is 5.16 Å². The van der Waals surface area contributed by atoms with E-state index in [1.807, 2.05) is 0 Å². The van der Waals surface area contributed by atoms with Gasteiger partial charge >= 0.3 is 5.97 Å². The fourth-order valence-electron chi connectivity index (χ4n) is 1.92. The summed E-state index contributed by atoms with van der Waals surface area (Å²) in [5.74, 6) is -1.14. The van der Waals surface area contributed by atoms with Crippen LogP contribution in [-0.4, -0.2) is 30.2 Å². The lowest BCUT2D eigenvalue weighted by molar-refractivity contribution is -0.136. The molecule has 1 aliphatic rings. The molecule has 0 atom stereocenters. The molecule has 5 heteroatoms. The number of carbonyl (C=O) groups is 2. The van der Waals surface area contributed by atoms with Gasteiger partial charge < -0.3 is 9.57 Å². The monoisotopic (exact) mass is 255 g/mol. The van der Waals surface area contributed by atoms with Crippen LogP contribution in [0.25, 0.3) is 0 Å². The maximum absolute atomic E-state index is 11.5. The standard InChI is InChI=1S/C13H21NO4/c1-3-17-13(16)12(10(2)15)14-18-11-8-6-4-5-7-9-11/h11H,3-9H2,1-2H3/b14-12+. The summed E-state index contributed by atoms with van der Waals surface area (Å²) in [7, 11) is 0. The highest BCUT2D eigenvalue weighted by molar-refractivity contribution is 6.63. The molecular formula is C13H21NO4. The van der Waals surface area contributed by atoms with Crippen molar-refractivity contribution in [3.8, 4) is 0 Å². The molecule has 0 saturated heterocycles. The maximum atomic E-state index is 11.5. The molecule has 102 valence electrons. The first-order valence-corrected chi connectivity index (χ1v) is 6.57. The van der Waals surface area contributed by atoms with E-state index in [1.165, 1.54) is 19.8 Å². The Morgan fingerprint density at radius 2 is 1.78 bits per heavy atom. The average molecular weight is 255 g/mol. The van der Waals surface area contributed by atoms with Crippen molar-refractivity contribution in [1.29, 1.82) is 0 Å².